The molecular formula is C21H22N2O4S. The summed E-state index contributed by atoms with van der Waals surface area (Å²) in [6.45, 7) is 6.89. The molecule has 6 nitrogen and oxygen atoms in total. The van der Waals surface area contributed by atoms with Crippen LogP contribution < -0.4 is 0 Å². The van der Waals surface area contributed by atoms with Crippen LogP contribution in [0.2, 0.25) is 0 Å². The van der Waals surface area contributed by atoms with Crippen LogP contribution in [0.4, 0.5) is 4.79 Å². The molecular weight excluding hydrogens is 376 g/mol. The van der Waals surface area contributed by atoms with Crippen molar-refractivity contribution in [1.29, 1.82) is 0 Å². The van der Waals surface area contributed by atoms with E-state index in [1.807, 2.05) is 26.2 Å². The van der Waals surface area contributed by atoms with Crippen molar-refractivity contribution in [2.45, 2.75) is 45.9 Å². The first-order valence-corrected chi connectivity index (χ1v) is 10.1. The van der Waals surface area contributed by atoms with E-state index in [2.05, 4.69) is 0 Å². The van der Waals surface area contributed by atoms with E-state index >= 15 is 0 Å². The summed E-state index contributed by atoms with van der Waals surface area (Å²) in [5.41, 5.74) is 2.53. The largest absolute Gasteiger partial charge is 0.444 e. The number of carbonyl (C=O) groups excluding carboxylic acids is 3. The second-order valence-corrected chi connectivity index (χ2v) is 9.02. The predicted octanol–water partition coefficient (Wildman–Crippen LogP) is 3.84. The van der Waals surface area contributed by atoms with Crippen LogP contribution in [-0.2, 0) is 24.2 Å². The van der Waals surface area contributed by atoms with Crippen molar-refractivity contribution in [3.05, 3.63) is 56.8 Å². The van der Waals surface area contributed by atoms with Crippen molar-refractivity contribution in [2.75, 3.05) is 6.54 Å². The zero-order chi connectivity index (χ0) is 20.1. The van der Waals surface area contributed by atoms with Crippen LogP contribution in [0.15, 0.2) is 29.6 Å². The number of thiophene rings is 1. The Morgan fingerprint density at radius 3 is 2.39 bits per heavy atom. The molecule has 1 aromatic heterocycles. The minimum Gasteiger partial charge on any atom is -0.444 e. The lowest BCUT2D eigenvalue weighted by molar-refractivity contribution is 0.0226. The van der Waals surface area contributed by atoms with Crippen molar-refractivity contribution in [3.63, 3.8) is 0 Å². The summed E-state index contributed by atoms with van der Waals surface area (Å²) in [7, 11) is 0. The van der Waals surface area contributed by atoms with Crippen LogP contribution >= 0.6 is 11.3 Å². The molecule has 0 fully saturated rings. The Kier molecular flexibility index (Phi) is 4.50. The number of nitrogens with zero attached hydrogens (tertiary/aromatic N) is 2. The average Bonchev–Trinajstić information content (AvgIpc) is 3.15. The quantitative estimate of drug-likeness (QED) is 0.721. The normalized spacial score (nSPS) is 16.2. The van der Waals surface area contributed by atoms with Crippen LogP contribution in [0.5, 0.6) is 0 Å². The van der Waals surface area contributed by atoms with E-state index in [4.69, 9.17) is 4.74 Å². The summed E-state index contributed by atoms with van der Waals surface area (Å²) in [5.74, 6) is -0.488. The van der Waals surface area contributed by atoms with Crippen molar-refractivity contribution < 1.29 is 19.1 Å². The number of hydrogen-bond acceptors (Lipinski definition) is 5. The summed E-state index contributed by atoms with van der Waals surface area (Å²) in [6, 6.07) is 6.92. The number of amides is 3. The lowest BCUT2D eigenvalue weighted by Gasteiger charge is -2.30. The summed E-state index contributed by atoms with van der Waals surface area (Å²) >= 11 is 1.56. The molecule has 1 aromatic carbocycles. The molecule has 0 saturated carbocycles. The van der Waals surface area contributed by atoms with Gasteiger partial charge in [0, 0.05) is 11.4 Å². The highest BCUT2D eigenvalue weighted by Crippen LogP contribution is 2.32. The first kappa shape index (κ1) is 18.7. The van der Waals surface area contributed by atoms with Gasteiger partial charge in [-0.3, -0.25) is 14.5 Å². The number of imide groups is 1. The van der Waals surface area contributed by atoms with Gasteiger partial charge >= 0.3 is 6.09 Å². The van der Waals surface area contributed by atoms with Crippen molar-refractivity contribution >= 4 is 29.2 Å². The first-order chi connectivity index (χ1) is 13.2. The van der Waals surface area contributed by atoms with Crippen molar-refractivity contribution in [2.24, 2.45) is 0 Å². The Morgan fingerprint density at radius 2 is 1.79 bits per heavy atom. The molecule has 7 heteroatoms. The molecule has 0 atom stereocenters. The fourth-order valence-corrected chi connectivity index (χ4v) is 4.67. The third-order valence-corrected chi connectivity index (χ3v) is 5.95. The van der Waals surface area contributed by atoms with Gasteiger partial charge in [-0.15, -0.1) is 11.3 Å². The Labute approximate surface area is 167 Å². The topological polar surface area (TPSA) is 66.9 Å². The van der Waals surface area contributed by atoms with Crippen LogP contribution in [-0.4, -0.2) is 39.9 Å². The fourth-order valence-electron chi connectivity index (χ4n) is 3.56. The van der Waals surface area contributed by atoms with E-state index in [-0.39, 0.29) is 24.5 Å². The molecule has 28 heavy (non-hydrogen) atoms. The Bertz CT molecular complexity index is 938. The Hall–Kier alpha value is -2.67. The van der Waals surface area contributed by atoms with Crippen molar-refractivity contribution in [1.82, 2.24) is 9.80 Å². The van der Waals surface area contributed by atoms with Gasteiger partial charge in [0.15, 0.2) is 0 Å². The van der Waals surface area contributed by atoms with Crippen LogP contribution in [0.1, 0.15) is 57.5 Å². The highest BCUT2D eigenvalue weighted by molar-refractivity contribution is 7.10. The Morgan fingerprint density at radius 1 is 1.14 bits per heavy atom. The molecule has 2 aliphatic rings. The molecule has 0 saturated heterocycles. The van der Waals surface area contributed by atoms with Crippen molar-refractivity contribution in [3.8, 4) is 0 Å². The number of benzene rings is 1. The maximum absolute atomic E-state index is 12.6. The van der Waals surface area contributed by atoms with Gasteiger partial charge in [0.1, 0.15) is 5.60 Å². The number of ether oxygens (including phenoxy) is 1. The number of carbonyl (C=O) groups is 3. The maximum Gasteiger partial charge on any atom is 0.410 e. The maximum atomic E-state index is 12.6. The molecule has 0 aliphatic carbocycles. The molecule has 0 bridgehead atoms. The second kappa shape index (κ2) is 6.74. The zero-order valence-corrected chi connectivity index (χ0v) is 17.0. The minimum absolute atomic E-state index is 0.244. The standard InChI is InChI=1S/C21H22N2O4S/c1-21(2,3)27-20(26)22-9-8-14-13(12-28-17(14)11-22)10-23-18(24)15-6-4-5-7-16(15)19(23)25/h4-7,12H,8-11H2,1-3H3. The van der Waals surface area contributed by atoms with E-state index in [1.54, 1.807) is 40.5 Å². The third-order valence-electron chi connectivity index (χ3n) is 4.89. The summed E-state index contributed by atoms with van der Waals surface area (Å²) in [5, 5.41) is 1.99. The van der Waals surface area contributed by atoms with Gasteiger partial charge in [0.25, 0.3) is 11.8 Å². The lowest BCUT2D eigenvalue weighted by atomic mass is 10.0. The molecule has 4 rings (SSSR count). The van der Waals surface area contributed by atoms with Crippen LogP contribution in [0, 0.1) is 0 Å². The molecule has 146 valence electrons. The smallest absolute Gasteiger partial charge is 0.410 e. The lowest BCUT2D eigenvalue weighted by Crippen LogP contribution is -2.39. The molecule has 2 aromatic rings. The molecule has 0 N–H and O–H groups in total. The van der Waals surface area contributed by atoms with Crippen LogP contribution in [0.3, 0.4) is 0 Å². The minimum atomic E-state index is -0.524. The molecule has 0 spiro atoms. The summed E-state index contributed by atoms with van der Waals surface area (Å²) < 4.78 is 5.46. The summed E-state index contributed by atoms with van der Waals surface area (Å²) in [6.07, 6.45) is 0.379. The highest BCUT2D eigenvalue weighted by Gasteiger charge is 2.36. The predicted molar refractivity (Wildman–Crippen MR) is 105 cm³/mol. The van der Waals surface area contributed by atoms with Crippen LogP contribution in [0.25, 0.3) is 0 Å². The summed E-state index contributed by atoms with van der Waals surface area (Å²) in [4.78, 5) is 41.7. The fraction of sp³-hybridized carbons (Fsp3) is 0.381. The number of hydrogen-bond donors (Lipinski definition) is 0. The molecule has 0 unspecified atom stereocenters. The van der Waals surface area contributed by atoms with Gasteiger partial charge in [0.2, 0.25) is 0 Å². The third kappa shape index (κ3) is 3.30. The van der Waals surface area contributed by atoms with E-state index in [1.165, 1.54) is 4.90 Å². The number of rotatable bonds is 2. The molecule has 0 radical (unpaired) electrons. The number of fused-ring (bicyclic) bond motifs is 2. The first-order valence-electron chi connectivity index (χ1n) is 9.26. The van der Waals surface area contributed by atoms with E-state index in [9.17, 15) is 14.4 Å². The van der Waals surface area contributed by atoms with Gasteiger partial charge in [-0.05, 0) is 55.8 Å². The Balaban J connectivity index is 1.50. The monoisotopic (exact) mass is 398 g/mol. The zero-order valence-electron chi connectivity index (χ0n) is 16.2. The highest BCUT2D eigenvalue weighted by atomic mass is 32.1. The second-order valence-electron chi connectivity index (χ2n) is 8.06. The average molecular weight is 398 g/mol. The van der Waals surface area contributed by atoms with Gasteiger partial charge < -0.3 is 9.64 Å². The van der Waals surface area contributed by atoms with Gasteiger partial charge in [-0.25, -0.2) is 4.79 Å². The molecule has 3 heterocycles. The molecule has 3 amide bonds. The van der Waals surface area contributed by atoms with E-state index < -0.39 is 5.60 Å². The van der Waals surface area contributed by atoms with Gasteiger partial charge in [-0.2, -0.15) is 0 Å². The van der Waals surface area contributed by atoms with Gasteiger partial charge in [0.05, 0.1) is 24.2 Å². The van der Waals surface area contributed by atoms with E-state index in [0.717, 1.165) is 16.0 Å². The van der Waals surface area contributed by atoms with Gasteiger partial charge in [-0.1, -0.05) is 12.1 Å². The van der Waals surface area contributed by atoms with E-state index in [0.29, 0.717) is 30.6 Å². The molecule has 2 aliphatic heterocycles. The SMILES string of the molecule is CC(C)(C)OC(=O)N1CCc2c(CN3C(=O)c4ccccc4C3=O)csc2C1.